The molecule has 1 atom stereocenters. The number of nitrogens with one attached hydrogen (secondary N) is 2. The maximum absolute atomic E-state index is 12.4. The van der Waals surface area contributed by atoms with Gasteiger partial charge in [-0.2, -0.15) is 0 Å². The van der Waals surface area contributed by atoms with Gasteiger partial charge >= 0.3 is 0 Å². The largest absolute Gasteiger partial charge is 0.493 e. The van der Waals surface area contributed by atoms with Crippen molar-refractivity contribution in [1.29, 1.82) is 0 Å². The standard InChI is InChI=1S/C16H22N2O3/c1-2-11-21-14-6-4-3-5-13(14)16(20)18-12-7-8-15(19)17-10-9-12/h3-6,12H,2,7-11H2,1H3,(H,17,19)(H,18,20). The first-order valence-electron chi connectivity index (χ1n) is 7.50. The summed E-state index contributed by atoms with van der Waals surface area (Å²) < 4.78 is 5.61. The molecule has 1 fully saturated rings. The lowest BCUT2D eigenvalue weighted by Crippen LogP contribution is -2.35. The maximum Gasteiger partial charge on any atom is 0.255 e. The van der Waals surface area contributed by atoms with Gasteiger partial charge in [-0.1, -0.05) is 19.1 Å². The lowest BCUT2D eigenvalue weighted by atomic mass is 10.1. The van der Waals surface area contributed by atoms with Crippen LogP contribution < -0.4 is 15.4 Å². The Morgan fingerprint density at radius 2 is 2.19 bits per heavy atom. The van der Waals surface area contributed by atoms with Crippen LogP contribution >= 0.6 is 0 Å². The molecule has 0 saturated carbocycles. The number of benzene rings is 1. The van der Waals surface area contributed by atoms with E-state index < -0.39 is 0 Å². The molecule has 0 bridgehead atoms. The van der Waals surface area contributed by atoms with Crippen LogP contribution in [-0.4, -0.2) is 31.0 Å². The minimum Gasteiger partial charge on any atom is -0.493 e. The molecular weight excluding hydrogens is 268 g/mol. The van der Waals surface area contributed by atoms with Gasteiger partial charge in [0, 0.05) is 19.0 Å². The molecule has 2 rings (SSSR count). The van der Waals surface area contributed by atoms with Crippen molar-refractivity contribution in [2.75, 3.05) is 13.2 Å². The zero-order valence-electron chi connectivity index (χ0n) is 12.4. The molecule has 0 spiro atoms. The van der Waals surface area contributed by atoms with E-state index in [9.17, 15) is 9.59 Å². The molecule has 2 N–H and O–H groups in total. The van der Waals surface area contributed by atoms with Crippen LogP contribution in [0.25, 0.3) is 0 Å². The third-order valence-electron chi connectivity index (χ3n) is 3.46. The molecule has 21 heavy (non-hydrogen) atoms. The molecule has 0 aliphatic carbocycles. The molecule has 1 aromatic rings. The molecule has 5 nitrogen and oxygen atoms in total. The Bertz CT molecular complexity index is 502. The second-order valence-corrected chi connectivity index (χ2v) is 5.19. The van der Waals surface area contributed by atoms with Crippen molar-refractivity contribution in [1.82, 2.24) is 10.6 Å². The molecule has 1 unspecified atom stereocenters. The zero-order valence-corrected chi connectivity index (χ0v) is 12.4. The molecule has 1 aliphatic rings. The van der Waals surface area contributed by atoms with E-state index in [2.05, 4.69) is 10.6 Å². The van der Waals surface area contributed by atoms with E-state index in [1.54, 1.807) is 6.07 Å². The fourth-order valence-corrected chi connectivity index (χ4v) is 2.32. The van der Waals surface area contributed by atoms with Gasteiger partial charge in [-0.25, -0.2) is 0 Å². The van der Waals surface area contributed by atoms with E-state index in [0.717, 1.165) is 12.8 Å². The summed E-state index contributed by atoms with van der Waals surface area (Å²) in [5.41, 5.74) is 0.550. The highest BCUT2D eigenvalue weighted by Crippen LogP contribution is 2.19. The Morgan fingerprint density at radius 1 is 1.38 bits per heavy atom. The van der Waals surface area contributed by atoms with Crippen molar-refractivity contribution in [3.8, 4) is 5.75 Å². The second kappa shape index (κ2) is 7.67. The summed E-state index contributed by atoms with van der Waals surface area (Å²) >= 11 is 0. The first-order chi connectivity index (χ1) is 10.2. The summed E-state index contributed by atoms with van der Waals surface area (Å²) in [6, 6.07) is 7.28. The highest BCUT2D eigenvalue weighted by Gasteiger charge is 2.20. The molecule has 1 saturated heterocycles. The molecule has 1 aliphatic heterocycles. The quantitative estimate of drug-likeness (QED) is 0.870. The van der Waals surface area contributed by atoms with E-state index >= 15 is 0 Å². The highest BCUT2D eigenvalue weighted by molar-refractivity contribution is 5.97. The number of rotatable bonds is 5. The lowest BCUT2D eigenvalue weighted by molar-refractivity contribution is -0.120. The van der Waals surface area contributed by atoms with Crippen LogP contribution in [-0.2, 0) is 4.79 Å². The van der Waals surface area contributed by atoms with Gasteiger partial charge in [0.15, 0.2) is 0 Å². The SMILES string of the molecule is CCCOc1ccccc1C(=O)NC1CCNC(=O)CC1. The molecular formula is C16H22N2O3. The third kappa shape index (κ3) is 4.48. The van der Waals surface area contributed by atoms with Gasteiger partial charge in [0.05, 0.1) is 12.2 Å². The summed E-state index contributed by atoms with van der Waals surface area (Å²) in [5.74, 6) is 0.527. The lowest BCUT2D eigenvalue weighted by Gasteiger charge is -2.17. The van der Waals surface area contributed by atoms with Crippen molar-refractivity contribution in [3.05, 3.63) is 29.8 Å². The van der Waals surface area contributed by atoms with E-state index in [4.69, 9.17) is 4.74 Å². The number of para-hydroxylation sites is 1. The number of carbonyl (C=O) groups excluding carboxylic acids is 2. The van der Waals surface area contributed by atoms with Gasteiger partial charge in [0.2, 0.25) is 5.91 Å². The number of carbonyl (C=O) groups is 2. The molecule has 0 radical (unpaired) electrons. The van der Waals surface area contributed by atoms with Crippen LogP contribution in [0.15, 0.2) is 24.3 Å². The predicted molar refractivity (Wildman–Crippen MR) is 80.3 cm³/mol. The average molecular weight is 290 g/mol. The first-order valence-corrected chi connectivity index (χ1v) is 7.50. The van der Waals surface area contributed by atoms with Crippen molar-refractivity contribution in [2.45, 2.75) is 38.6 Å². The molecule has 1 aromatic carbocycles. The van der Waals surface area contributed by atoms with Crippen molar-refractivity contribution < 1.29 is 14.3 Å². The fourth-order valence-electron chi connectivity index (χ4n) is 2.32. The van der Waals surface area contributed by atoms with Crippen LogP contribution in [0.5, 0.6) is 5.75 Å². The van der Waals surface area contributed by atoms with Crippen LogP contribution in [0.1, 0.15) is 43.0 Å². The summed E-state index contributed by atoms with van der Waals surface area (Å²) in [5, 5.41) is 5.81. The first kappa shape index (κ1) is 15.4. The average Bonchev–Trinajstić information content (AvgIpc) is 2.70. The van der Waals surface area contributed by atoms with Crippen LogP contribution in [0.4, 0.5) is 0 Å². The summed E-state index contributed by atoms with van der Waals surface area (Å²) in [6.07, 6.45) is 2.79. The molecule has 114 valence electrons. The van der Waals surface area contributed by atoms with Crippen molar-refractivity contribution in [3.63, 3.8) is 0 Å². The smallest absolute Gasteiger partial charge is 0.255 e. The third-order valence-corrected chi connectivity index (χ3v) is 3.46. The number of hydrogen-bond acceptors (Lipinski definition) is 3. The molecule has 0 aromatic heterocycles. The van der Waals surface area contributed by atoms with E-state index in [0.29, 0.717) is 37.3 Å². The topological polar surface area (TPSA) is 67.4 Å². The van der Waals surface area contributed by atoms with Gasteiger partial charge in [-0.15, -0.1) is 0 Å². The van der Waals surface area contributed by atoms with Crippen molar-refractivity contribution in [2.24, 2.45) is 0 Å². The minimum atomic E-state index is -0.138. The maximum atomic E-state index is 12.4. The number of amides is 2. The Morgan fingerprint density at radius 3 is 3.00 bits per heavy atom. The summed E-state index contributed by atoms with van der Waals surface area (Å²) in [6.45, 7) is 3.22. The van der Waals surface area contributed by atoms with Crippen molar-refractivity contribution >= 4 is 11.8 Å². The van der Waals surface area contributed by atoms with Gasteiger partial charge < -0.3 is 15.4 Å². The van der Waals surface area contributed by atoms with Gasteiger partial charge in [-0.3, -0.25) is 9.59 Å². The summed E-state index contributed by atoms with van der Waals surface area (Å²) in [7, 11) is 0. The van der Waals surface area contributed by atoms with E-state index in [-0.39, 0.29) is 17.9 Å². The number of ether oxygens (including phenoxy) is 1. The predicted octanol–water partition coefficient (Wildman–Crippen LogP) is 1.87. The van der Waals surface area contributed by atoms with Gasteiger partial charge in [0.1, 0.15) is 5.75 Å². The van der Waals surface area contributed by atoms with Crippen LogP contribution in [0, 0.1) is 0 Å². The Hall–Kier alpha value is -2.04. The van der Waals surface area contributed by atoms with E-state index in [1.807, 2.05) is 25.1 Å². The van der Waals surface area contributed by atoms with E-state index in [1.165, 1.54) is 0 Å². The van der Waals surface area contributed by atoms with Gasteiger partial charge in [0.25, 0.3) is 5.91 Å². The molecule has 2 amide bonds. The number of hydrogen-bond donors (Lipinski definition) is 2. The second-order valence-electron chi connectivity index (χ2n) is 5.19. The highest BCUT2D eigenvalue weighted by atomic mass is 16.5. The van der Waals surface area contributed by atoms with Crippen LogP contribution in [0.3, 0.4) is 0 Å². The molecule has 1 heterocycles. The minimum absolute atomic E-state index is 0.0238. The normalized spacial score (nSPS) is 18.5. The Balaban J connectivity index is 2.00. The fraction of sp³-hybridized carbons (Fsp3) is 0.500. The summed E-state index contributed by atoms with van der Waals surface area (Å²) in [4.78, 5) is 23.7. The van der Waals surface area contributed by atoms with Gasteiger partial charge in [-0.05, 0) is 31.4 Å². The Kier molecular flexibility index (Phi) is 5.60. The Labute approximate surface area is 125 Å². The molecule has 5 heteroatoms. The zero-order chi connectivity index (χ0) is 15.1. The van der Waals surface area contributed by atoms with Crippen LogP contribution in [0.2, 0.25) is 0 Å². The monoisotopic (exact) mass is 290 g/mol.